The normalized spacial score (nSPS) is 24.7. The molecule has 3 saturated heterocycles. The van der Waals surface area contributed by atoms with Crippen molar-refractivity contribution in [1.82, 2.24) is 15.1 Å². The van der Waals surface area contributed by atoms with Gasteiger partial charge < -0.3 is 29.0 Å². The molecular weight excluding hydrogens is 511 g/mol. The topological polar surface area (TPSA) is 79.5 Å². The highest BCUT2D eigenvalue weighted by atomic mass is 127. The van der Waals surface area contributed by atoms with E-state index in [-0.39, 0.29) is 42.1 Å². The average Bonchev–Trinajstić information content (AvgIpc) is 3.51. The van der Waals surface area contributed by atoms with Crippen molar-refractivity contribution in [3.05, 3.63) is 24.2 Å². The molecule has 3 fully saturated rings. The summed E-state index contributed by atoms with van der Waals surface area (Å²) in [7, 11) is 0. The number of halogens is 1. The zero-order valence-corrected chi connectivity index (χ0v) is 20.5. The molecule has 2 atom stereocenters. The summed E-state index contributed by atoms with van der Waals surface area (Å²) in [4.78, 5) is 21.7. The molecule has 0 bridgehead atoms. The van der Waals surface area contributed by atoms with Crippen LogP contribution in [0.5, 0.6) is 0 Å². The first-order valence-corrected chi connectivity index (χ1v) is 11.4. The Kier molecular flexibility index (Phi) is 9.92. The first kappa shape index (κ1) is 24.3. The van der Waals surface area contributed by atoms with Crippen LogP contribution in [-0.4, -0.2) is 86.4 Å². The maximum absolute atomic E-state index is 12.6. The second kappa shape index (κ2) is 12.6. The first-order chi connectivity index (χ1) is 14.8. The maximum atomic E-state index is 12.6. The van der Waals surface area contributed by atoms with E-state index in [0.29, 0.717) is 26.2 Å². The number of nitrogens with zero attached hydrogens (tertiary/aromatic N) is 3. The Balaban J connectivity index is 0.00000272. The lowest BCUT2D eigenvalue weighted by atomic mass is 10.1. The predicted molar refractivity (Wildman–Crippen MR) is 129 cm³/mol. The van der Waals surface area contributed by atoms with Gasteiger partial charge in [0.15, 0.2) is 5.96 Å². The third-order valence-electron chi connectivity index (χ3n) is 6.05. The van der Waals surface area contributed by atoms with Crippen LogP contribution in [0, 0.1) is 0 Å². The van der Waals surface area contributed by atoms with Gasteiger partial charge in [0, 0.05) is 52.4 Å². The average molecular weight is 546 g/mol. The predicted octanol–water partition coefficient (Wildman–Crippen LogP) is 2.28. The minimum Gasteiger partial charge on any atom is -0.469 e. The molecule has 3 aliphatic rings. The minimum absolute atomic E-state index is 0. The molecule has 0 radical (unpaired) electrons. The number of aliphatic imine (C=N–C) groups is 1. The molecule has 8 nitrogen and oxygen atoms in total. The Hall–Kier alpha value is -1.33. The number of hydrogen-bond donors (Lipinski definition) is 1. The van der Waals surface area contributed by atoms with Crippen LogP contribution in [0.15, 0.2) is 27.8 Å². The standard InChI is InChI=1S/C22H34N4O4.HI/c27-21(20-7-4-16-30-20)25-10-12-26(13-11-25)22(23-9-8-18-6-3-15-28-18)24-17-19-5-1-2-14-29-19;/h3,6,15,19-20H,1-2,4-5,7-14,16-17H2,(H,23,24);1H. The summed E-state index contributed by atoms with van der Waals surface area (Å²) in [6.45, 7) is 5.94. The van der Waals surface area contributed by atoms with Crippen LogP contribution in [0.4, 0.5) is 0 Å². The van der Waals surface area contributed by atoms with E-state index in [0.717, 1.165) is 70.1 Å². The third kappa shape index (κ3) is 7.08. The van der Waals surface area contributed by atoms with Gasteiger partial charge in [-0.3, -0.25) is 9.79 Å². The number of piperazine rings is 1. The lowest BCUT2D eigenvalue weighted by molar-refractivity contribution is -0.142. The minimum atomic E-state index is -0.237. The maximum Gasteiger partial charge on any atom is 0.251 e. The molecule has 0 spiro atoms. The molecule has 4 rings (SSSR count). The summed E-state index contributed by atoms with van der Waals surface area (Å²) in [5, 5.41) is 3.50. The Morgan fingerprint density at radius 1 is 1.06 bits per heavy atom. The van der Waals surface area contributed by atoms with Crippen molar-refractivity contribution < 1.29 is 18.7 Å². The van der Waals surface area contributed by atoms with Crippen molar-refractivity contribution in [2.75, 3.05) is 52.5 Å². The highest BCUT2D eigenvalue weighted by Crippen LogP contribution is 2.16. The monoisotopic (exact) mass is 546 g/mol. The van der Waals surface area contributed by atoms with Gasteiger partial charge in [-0.2, -0.15) is 0 Å². The van der Waals surface area contributed by atoms with Gasteiger partial charge >= 0.3 is 0 Å². The molecule has 0 aliphatic carbocycles. The number of rotatable bonds is 6. The molecule has 9 heteroatoms. The van der Waals surface area contributed by atoms with Crippen LogP contribution in [-0.2, 0) is 20.7 Å². The van der Waals surface area contributed by atoms with Gasteiger partial charge in [0.1, 0.15) is 11.9 Å². The number of ether oxygens (including phenoxy) is 2. The van der Waals surface area contributed by atoms with E-state index in [1.165, 1.54) is 6.42 Å². The molecule has 1 amide bonds. The van der Waals surface area contributed by atoms with Crippen molar-refractivity contribution in [3.63, 3.8) is 0 Å². The van der Waals surface area contributed by atoms with Crippen molar-refractivity contribution in [1.29, 1.82) is 0 Å². The van der Waals surface area contributed by atoms with Crippen molar-refractivity contribution in [3.8, 4) is 0 Å². The molecule has 0 saturated carbocycles. The molecule has 174 valence electrons. The Bertz CT molecular complexity index is 680. The van der Waals surface area contributed by atoms with E-state index in [9.17, 15) is 4.79 Å². The van der Waals surface area contributed by atoms with Crippen molar-refractivity contribution in [2.24, 2.45) is 4.99 Å². The highest BCUT2D eigenvalue weighted by Gasteiger charge is 2.31. The number of nitrogens with one attached hydrogen (secondary N) is 1. The number of amides is 1. The summed E-state index contributed by atoms with van der Waals surface area (Å²) in [5.41, 5.74) is 0. The van der Waals surface area contributed by atoms with E-state index in [4.69, 9.17) is 18.9 Å². The van der Waals surface area contributed by atoms with Crippen LogP contribution >= 0.6 is 24.0 Å². The van der Waals surface area contributed by atoms with E-state index in [1.54, 1.807) is 6.26 Å². The van der Waals surface area contributed by atoms with Gasteiger partial charge in [0.25, 0.3) is 5.91 Å². The third-order valence-corrected chi connectivity index (χ3v) is 6.05. The molecule has 2 unspecified atom stereocenters. The smallest absolute Gasteiger partial charge is 0.251 e. The lowest BCUT2D eigenvalue weighted by Crippen LogP contribution is -2.55. The first-order valence-electron chi connectivity index (χ1n) is 11.4. The Labute approximate surface area is 201 Å². The van der Waals surface area contributed by atoms with E-state index in [1.807, 2.05) is 17.0 Å². The van der Waals surface area contributed by atoms with Crippen LogP contribution in [0.25, 0.3) is 0 Å². The molecule has 31 heavy (non-hydrogen) atoms. The van der Waals surface area contributed by atoms with Gasteiger partial charge in [-0.25, -0.2) is 0 Å². The lowest BCUT2D eigenvalue weighted by Gasteiger charge is -2.37. The van der Waals surface area contributed by atoms with Gasteiger partial charge in [-0.15, -0.1) is 24.0 Å². The molecule has 3 aliphatic heterocycles. The van der Waals surface area contributed by atoms with E-state index < -0.39 is 0 Å². The second-order valence-corrected chi connectivity index (χ2v) is 8.22. The fraction of sp³-hybridized carbons (Fsp3) is 0.727. The van der Waals surface area contributed by atoms with E-state index in [2.05, 4.69) is 10.2 Å². The van der Waals surface area contributed by atoms with Crippen LogP contribution in [0.3, 0.4) is 0 Å². The van der Waals surface area contributed by atoms with E-state index >= 15 is 0 Å². The van der Waals surface area contributed by atoms with Gasteiger partial charge in [-0.05, 0) is 44.2 Å². The van der Waals surface area contributed by atoms with Crippen LogP contribution in [0.2, 0.25) is 0 Å². The second-order valence-electron chi connectivity index (χ2n) is 8.22. The van der Waals surface area contributed by atoms with Crippen LogP contribution in [0.1, 0.15) is 37.9 Å². The number of carbonyl (C=O) groups is 1. The highest BCUT2D eigenvalue weighted by molar-refractivity contribution is 14.0. The molecule has 4 heterocycles. The molecule has 1 N–H and O–H groups in total. The Morgan fingerprint density at radius 3 is 2.55 bits per heavy atom. The summed E-state index contributed by atoms with van der Waals surface area (Å²) in [5.74, 6) is 2.01. The molecule has 1 aromatic rings. The zero-order valence-electron chi connectivity index (χ0n) is 18.2. The fourth-order valence-electron chi connectivity index (χ4n) is 4.27. The number of guanidine groups is 1. The SMILES string of the molecule is I.O=C(C1CCCO1)N1CCN(C(=NCC2CCCCO2)NCCc2ccco2)CC1. The van der Waals surface area contributed by atoms with Crippen molar-refractivity contribution in [2.45, 2.75) is 50.7 Å². The molecule has 1 aromatic heterocycles. The summed E-state index contributed by atoms with van der Waals surface area (Å²) >= 11 is 0. The Morgan fingerprint density at radius 2 is 1.87 bits per heavy atom. The van der Waals surface area contributed by atoms with Crippen molar-refractivity contribution >= 4 is 35.8 Å². The largest absolute Gasteiger partial charge is 0.469 e. The summed E-state index contributed by atoms with van der Waals surface area (Å²) in [6.07, 6.45) is 7.76. The zero-order chi connectivity index (χ0) is 20.6. The summed E-state index contributed by atoms with van der Waals surface area (Å²) in [6, 6.07) is 3.90. The van der Waals surface area contributed by atoms with Gasteiger partial charge in [0.05, 0.1) is 18.9 Å². The molecular formula is C22H35IN4O4. The number of carbonyl (C=O) groups excluding carboxylic acids is 1. The van der Waals surface area contributed by atoms with Gasteiger partial charge in [-0.1, -0.05) is 0 Å². The molecule has 0 aromatic carbocycles. The number of furan rings is 1. The van der Waals surface area contributed by atoms with Crippen LogP contribution < -0.4 is 5.32 Å². The fourth-order valence-corrected chi connectivity index (χ4v) is 4.27. The summed E-state index contributed by atoms with van der Waals surface area (Å²) < 4.78 is 16.9. The van der Waals surface area contributed by atoms with Gasteiger partial charge in [0.2, 0.25) is 0 Å². The quantitative estimate of drug-likeness (QED) is 0.335. The number of hydrogen-bond acceptors (Lipinski definition) is 5.